The Labute approximate surface area is 171 Å². The zero-order chi connectivity index (χ0) is 19.5. The van der Waals surface area contributed by atoms with Gasteiger partial charge in [0.25, 0.3) is 5.91 Å². The molecule has 1 aliphatic heterocycles. The molecule has 0 bridgehead atoms. The van der Waals surface area contributed by atoms with Crippen molar-refractivity contribution in [3.63, 3.8) is 0 Å². The topological polar surface area (TPSA) is 67.2 Å². The number of imidazole rings is 1. The van der Waals surface area contributed by atoms with Gasteiger partial charge in [-0.05, 0) is 49.2 Å². The predicted octanol–water partition coefficient (Wildman–Crippen LogP) is 3.35. The highest BCUT2D eigenvalue weighted by molar-refractivity contribution is 9.10. The van der Waals surface area contributed by atoms with Crippen LogP contribution in [0.4, 0.5) is 0 Å². The zero-order valence-electron chi connectivity index (χ0n) is 15.4. The fourth-order valence-electron chi connectivity index (χ4n) is 3.50. The Morgan fingerprint density at radius 3 is 2.50 bits per heavy atom. The molecular formula is C21H21BrN4O2. The standard InChI is InChI=1S/C21H21BrN4O2/c22-16-9-7-15(8-10-16)21(28)23-13-19-24-17-5-1-2-6-18(17)26(19)14-20(27)25-11-3-4-12-25/h1-2,5-10H,3-4,11-14H2,(H,23,28). The van der Waals surface area contributed by atoms with E-state index in [0.717, 1.165) is 41.4 Å². The zero-order valence-corrected chi connectivity index (χ0v) is 17.0. The van der Waals surface area contributed by atoms with Crippen molar-refractivity contribution in [2.75, 3.05) is 13.1 Å². The largest absolute Gasteiger partial charge is 0.345 e. The number of amides is 2. The Morgan fingerprint density at radius 1 is 1.04 bits per heavy atom. The number of fused-ring (bicyclic) bond motifs is 1. The van der Waals surface area contributed by atoms with Crippen LogP contribution in [0.1, 0.15) is 29.0 Å². The summed E-state index contributed by atoms with van der Waals surface area (Å²) in [5.41, 5.74) is 2.31. The fourth-order valence-corrected chi connectivity index (χ4v) is 3.77. The van der Waals surface area contributed by atoms with Gasteiger partial charge in [-0.3, -0.25) is 9.59 Å². The van der Waals surface area contributed by atoms with Crippen LogP contribution in [0, 0.1) is 0 Å². The molecule has 0 radical (unpaired) electrons. The van der Waals surface area contributed by atoms with Crippen molar-refractivity contribution in [3.05, 3.63) is 64.4 Å². The average molecular weight is 441 g/mol. The third-order valence-corrected chi connectivity index (χ3v) is 5.53. The molecule has 0 spiro atoms. The minimum Gasteiger partial charge on any atom is -0.345 e. The van der Waals surface area contributed by atoms with Crippen LogP contribution < -0.4 is 5.32 Å². The minimum absolute atomic E-state index is 0.0983. The van der Waals surface area contributed by atoms with E-state index in [1.807, 2.05) is 45.9 Å². The van der Waals surface area contributed by atoms with E-state index in [2.05, 4.69) is 26.2 Å². The molecule has 7 heteroatoms. The van der Waals surface area contributed by atoms with Crippen molar-refractivity contribution in [1.82, 2.24) is 19.8 Å². The first kappa shape index (κ1) is 18.7. The molecule has 1 fully saturated rings. The van der Waals surface area contributed by atoms with E-state index in [1.165, 1.54) is 0 Å². The van der Waals surface area contributed by atoms with Crippen molar-refractivity contribution in [2.24, 2.45) is 0 Å². The molecule has 4 rings (SSSR count). The molecule has 144 valence electrons. The molecule has 2 amide bonds. The number of rotatable bonds is 5. The van der Waals surface area contributed by atoms with Gasteiger partial charge in [-0.1, -0.05) is 28.1 Å². The van der Waals surface area contributed by atoms with Crippen molar-refractivity contribution in [3.8, 4) is 0 Å². The van der Waals surface area contributed by atoms with E-state index in [4.69, 9.17) is 0 Å². The first-order valence-electron chi connectivity index (χ1n) is 9.37. The summed E-state index contributed by atoms with van der Waals surface area (Å²) in [5.74, 6) is 0.609. The van der Waals surface area contributed by atoms with Crippen LogP contribution in [0.15, 0.2) is 53.0 Å². The summed E-state index contributed by atoms with van der Waals surface area (Å²) >= 11 is 3.37. The van der Waals surface area contributed by atoms with E-state index in [-0.39, 0.29) is 24.9 Å². The smallest absolute Gasteiger partial charge is 0.251 e. The second-order valence-corrected chi connectivity index (χ2v) is 7.80. The Bertz CT molecular complexity index is 1010. The highest BCUT2D eigenvalue weighted by Gasteiger charge is 2.21. The van der Waals surface area contributed by atoms with Crippen molar-refractivity contribution < 1.29 is 9.59 Å². The summed E-state index contributed by atoms with van der Waals surface area (Å²) in [6, 6.07) is 14.9. The number of hydrogen-bond acceptors (Lipinski definition) is 3. The highest BCUT2D eigenvalue weighted by Crippen LogP contribution is 2.18. The number of benzene rings is 2. The maximum atomic E-state index is 12.7. The fraction of sp³-hybridized carbons (Fsp3) is 0.286. The Balaban J connectivity index is 1.54. The summed E-state index contributed by atoms with van der Waals surface area (Å²) in [6.07, 6.45) is 2.12. The molecule has 2 heterocycles. The third-order valence-electron chi connectivity index (χ3n) is 5.00. The van der Waals surface area contributed by atoms with E-state index in [9.17, 15) is 9.59 Å². The molecule has 1 aromatic heterocycles. The molecule has 28 heavy (non-hydrogen) atoms. The minimum atomic E-state index is -0.169. The lowest BCUT2D eigenvalue weighted by molar-refractivity contribution is -0.130. The number of halogens is 1. The van der Waals surface area contributed by atoms with E-state index in [1.54, 1.807) is 12.1 Å². The summed E-state index contributed by atoms with van der Waals surface area (Å²) < 4.78 is 2.84. The molecular weight excluding hydrogens is 420 g/mol. The molecule has 2 aromatic carbocycles. The van der Waals surface area contributed by atoms with Crippen LogP contribution in [-0.2, 0) is 17.9 Å². The van der Waals surface area contributed by atoms with Gasteiger partial charge in [0, 0.05) is 23.1 Å². The van der Waals surface area contributed by atoms with Crippen LogP contribution in [0.5, 0.6) is 0 Å². The molecule has 1 aliphatic rings. The molecule has 0 atom stereocenters. The van der Waals surface area contributed by atoms with Gasteiger partial charge < -0.3 is 14.8 Å². The van der Waals surface area contributed by atoms with Crippen LogP contribution in [0.3, 0.4) is 0 Å². The first-order valence-corrected chi connectivity index (χ1v) is 10.2. The number of carbonyl (C=O) groups is 2. The van der Waals surface area contributed by atoms with Crippen molar-refractivity contribution in [2.45, 2.75) is 25.9 Å². The monoisotopic (exact) mass is 440 g/mol. The Kier molecular flexibility index (Phi) is 5.43. The van der Waals surface area contributed by atoms with Gasteiger partial charge in [0.2, 0.25) is 5.91 Å². The lowest BCUT2D eigenvalue weighted by Gasteiger charge is -2.17. The maximum Gasteiger partial charge on any atom is 0.251 e. The molecule has 6 nitrogen and oxygen atoms in total. The van der Waals surface area contributed by atoms with Gasteiger partial charge in [-0.15, -0.1) is 0 Å². The molecule has 1 saturated heterocycles. The lowest BCUT2D eigenvalue weighted by atomic mass is 10.2. The van der Waals surface area contributed by atoms with Crippen molar-refractivity contribution in [1.29, 1.82) is 0 Å². The molecule has 0 aliphatic carbocycles. The molecule has 0 unspecified atom stereocenters. The number of para-hydroxylation sites is 2. The number of aromatic nitrogens is 2. The number of carbonyl (C=O) groups excluding carboxylic acids is 2. The van der Waals surface area contributed by atoms with Crippen LogP contribution >= 0.6 is 15.9 Å². The first-order chi connectivity index (χ1) is 13.6. The lowest BCUT2D eigenvalue weighted by Crippen LogP contribution is -2.32. The highest BCUT2D eigenvalue weighted by atomic mass is 79.9. The Hall–Kier alpha value is -2.67. The van der Waals surface area contributed by atoms with Crippen LogP contribution in [-0.4, -0.2) is 39.4 Å². The summed E-state index contributed by atoms with van der Waals surface area (Å²) in [4.78, 5) is 31.7. The average Bonchev–Trinajstić information content (AvgIpc) is 3.35. The van der Waals surface area contributed by atoms with Gasteiger partial charge >= 0.3 is 0 Å². The summed E-state index contributed by atoms with van der Waals surface area (Å²) in [5, 5.41) is 2.92. The summed E-state index contributed by atoms with van der Waals surface area (Å²) in [7, 11) is 0. The molecule has 3 aromatic rings. The van der Waals surface area contributed by atoms with Gasteiger partial charge in [0.05, 0.1) is 17.6 Å². The number of hydrogen-bond donors (Lipinski definition) is 1. The van der Waals surface area contributed by atoms with Gasteiger partial charge in [-0.25, -0.2) is 4.98 Å². The number of likely N-dealkylation sites (tertiary alicyclic amines) is 1. The van der Waals surface area contributed by atoms with E-state index < -0.39 is 0 Å². The summed E-state index contributed by atoms with van der Waals surface area (Å²) in [6.45, 7) is 2.14. The SMILES string of the molecule is O=C(NCc1nc2ccccc2n1CC(=O)N1CCCC1)c1ccc(Br)cc1. The normalized spacial score (nSPS) is 13.8. The van der Waals surface area contributed by atoms with E-state index in [0.29, 0.717) is 11.4 Å². The predicted molar refractivity (Wildman–Crippen MR) is 111 cm³/mol. The van der Waals surface area contributed by atoms with Gasteiger partial charge in [-0.2, -0.15) is 0 Å². The number of nitrogens with zero attached hydrogens (tertiary/aromatic N) is 3. The second kappa shape index (κ2) is 8.14. The number of nitrogens with one attached hydrogen (secondary N) is 1. The van der Waals surface area contributed by atoms with Crippen LogP contribution in [0.2, 0.25) is 0 Å². The van der Waals surface area contributed by atoms with Gasteiger partial charge in [0.15, 0.2) is 0 Å². The van der Waals surface area contributed by atoms with Gasteiger partial charge in [0.1, 0.15) is 12.4 Å². The Morgan fingerprint density at radius 2 is 1.75 bits per heavy atom. The van der Waals surface area contributed by atoms with E-state index >= 15 is 0 Å². The quantitative estimate of drug-likeness (QED) is 0.661. The second-order valence-electron chi connectivity index (χ2n) is 6.88. The van der Waals surface area contributed by atoms with Crippen molar-refractivity contribution >= 4 is 38.8 Å². The maximum absolute atomic E-state index is 12.7. The van der Waals surface area contributed by atoms with Crippen LogP contribution in [0.25, 0.3) is 11.0 Å². The molecule has 1 N–H and O–H groups in total. The third kappa shape index (κ3) is 3.94. The molecule has 0 saturated carbocycles.